The molecule has 0 radical (unpaired) electrons. The van der Waals surface area contributed by atoms with Gasteiger partial charge in [0.25, 0.3) is 0 Å². The van der Waals surface area contributed by atoms with Crippen LogP contribution in [0.25, 0.3) is 17.3 Å². The molecule has 1 fully saturated rings. The molecule has 0 spiro atoms. The molecule has 11 heteroatoms. The van der Waals surface area contributed by atoms with Gasteiger partial charge in [0.2, 0.25) is 21.9 Å². The molecule has 0 saturated carbocycles. The first kappa shape index (κ1) is 28.7. The van der Waals surface area contributed by atoms with Crippen LogP contribution in [0.15, 0.2) is 30.3 Å². The number of aliphatic hydroxyl groups is 2. The van der Waals surface area contributed by atoms with Gasteiger partial charge in [-0.25, -0.2) is 27.1 Å². The molecule has 2 N–H and O–H groups in total. The number of hydrogen-bond acceptors (Lipinski definition) is 7. The number of aliphatic hydroxyl groups excluding tert-OH is 2. The van der Waals surface area contributed by atoms with Gasteiger partial charge in [0, 0.05) is 37.7 Å². The Kier molecular flexibility index (Phi) is 9.38. The summed E-state index contributed by atoms with van der Waals surface area (Å²) in [5.41, 5.74) is 1.98. The summed E-state index contributed by atoms with van der Waals surface area (Å²) in [4.78, 5) is 23.0. The van der Waals surface area contributed by atoms with Crippen molar-refractivity contribution in [2.45, 2.75) is 57.7 Å². The van der Waals surface area contributed by atoms with Gasteiger partial charge < -0.3 is 15.1 Å². The number of likely N-dealkylation sites (tertiary alicyclic amines) is 1. The predicted molar refractivity (Wildman–Crippen MR) is 141 cm³/mol. The minimum atomic E-state index is -3.64. The van der Waals surface area contributed by atoms with Crippen LogP contribution in [0.1, 0.15) is 56.7 Å². The number of carbonyl (C=O) groups excluding carboxylic acids is 1. The van der Waals surface area contributed by atoms with E-state index in [1.54, 1.807) is 11.0 Å². The van der Waals surface area contributed by atoms with Gasteiger partial charge in [-0.3, -0.25) is 4.79 Å². The first-order valence-electron chi connectivity index (χ1n) is 12.3. The summed E-state index contributed by atoms with van der Waals surface area (Å²) >= 11 is 0. The first-order chi connectivity index (χ1) is 17.4. The van der Waals surface area contributed by atoms with E-state index >= 15 is 0 Å². The summed E-state index contributed by atoms with van der Waals surface area (Å²) in [7, 11) is -2.29. The quantitative estimate of drug-likeness (QED) is 0.480. The average molecular weight is 535 g/mol. The topological polar surface area (TPSA) is 124 Å². The minimum absolute atomic E-state index is 0.0286. The molecule has 2 heterocycles. The number of hydrogen-bond donors (Lipinski definition) is 2. The molecule has 1 aliphatic rings. The fraction of sp³-hybridized carbons (Fsp3) is 0.500. The predicted octanol–water partition coefficient (Wildman–Crippen LogP) is 2.94. The summed E-state index contributed by atoms with van der Waals surface area (Å²) in [6.07, 6.45) is 3.93. The number of amides is 1. The van der Waals surface area contributed by atoms with Crippen LogP contribution >= 0.6 is 0 Å². The minimum Gasteiger partial charge on any atom is -0.392 e. The first-order valence-corrected chi connectivity index (χ1v) is 14.2. The second-order valence-electron chi connectivity index (χ2n) is 9.67. The fourth-order valence-corrected chi connectivity index (χ4v) is 4.52. The molecule has 202 valence electrons. The number of benzene rings is 1. The number of nitrogens with zero attached hydrogens (tertiary/aromatic N) is 4. The molecule has 1 aliphatic heterocycles. The molecule has 1 aromatic heterocycles. The average Bonchev–Trinajstić information content (AvgIpc) is 3.37. The third-order valence-electron chi connectivity index (χ3n) is 6.27. The second-order valence-corrected chi connectivity index (χ2v) is 11.7. The number of rotatable bonds is 10. The molecule has 1 aromatic carbocycles. The van der Waals surface area contributed by atoms with Crippen molar-refractivity contribution in [1.82, 2.24) is 14.9 Å². The van der Waals surface area contributed by atoms with Crippen molar-refractivity contribution >= 4 is 28.0 Å². The van der Waals surface area contributed by atoms with Crippen LogP contribution in [-0.4, -0.2) is 78.0 Å². The van der Waals surface area contributed by atoms with Crippen LogP contribution in [0.5, 0.6) is 0 Å². The molecule has 2 aromatic rings. The zero-order valence-electron chi connectivity index (χ0n) is 21.6. The van der Waals surface area contributed by atoms with Crippen molar-refractivity contribution < 1.29 is 27.8 Å². The molecular weight excluding hydrogens is 499 g/mol. The van der Waals surface area contributed by atoms with E-state index in [1.807, 2.05) is 13.8 Å². The number of halogens is 1. The Morgan fingerprint density at radius 1 is 1.16 bits per heavy atom. The van der Waals surface area contributed by atoms with E-state index in [-0.39, 0.29) is 30.6 Å². The molecule has 0 bridgehead atoms. The van der Waals surface area contributed by atoms with E-state index in [9.17, 15) is 27.8 Å². The normalized spacial score (nSPS) is 15.9. The maximum atomic E-state index is 13.6. The summed E-state index contributed by atoms with van der Waals surface area (Å²) in [6, 6.07) is 5.63. The van der Waals surface area contributed by atoms with Crippen molar-refractivity contribution in [1.29, 1.82) is 0 Å². The smallest absolute Gasteiger partial charge is 0.239 e. The Balaban J connectivity index is 1.93. The van der Waals surface area contributed by atoms with Crippen LogP contribution in [0.2, 0.25) is 0 Å². The van der Waals surface area contributed by atoms with E-state index in [0.29, 0.717) is 35.6 Å². The molecular formula is C26H35FN4O5S. The Bertz CT molecular complexity index is 1230. The highest BCUT2D eigenvalue weighted by molar-refractivity contribution is 7.92. The zero-order valence-corrected chi connectivity index (χ0v) is 22.4. The number of carbonyl (C=O) groups is 1. The lowest BCUT2D eigenvalue weighted by Gasteiger charge is -2.21. The van der Waals surface area contributed by atoms with Gasteiger partial charge >= 0.3 is 0 Å². The van der Waals surface area contributed by atoms with Gasteiger partial charge in [-0.05, 0) is 43.0 Å². The van der Waals surface area contributed by atoms with Gasteiger partial charge in [-0.15, -0.1) is 0 Å². The number of sulfonamides is 1. The standard InChI is InChI=1S/C26H35FN4O5S/c1-17(2)24-22(12-11-20(32)15-21(33)16-23(34)31-13-5-6-14-31)25(18-7-9-19(27)10-8-18)29-26(28-24)30(3)37(4,35)36/h7-12,17,20-21,32-33H,5-6,13-16H2,1-4H3/t20-,21-/m1/s1. The Morgan fingerprint density at radius 3 is 2.35 bits per heavy atom. The molecule has 0 unspecified atom stereocenters. The van der Waals surface area contributed by atoms with Gasteiger partial charge in [0.05, 0.1) is 36.3 Å². The van der Waals surface area contributed by atoms with Crippen molar-refractivity contribution in [3.8, 4) is 11.3 Å². The van der Waals surface area contributed by atoms with Crippen LogP contribution in [0.3, 0.4) is 0 Å². The SMILES string of the molecule is CC(C)c1nc(N(C)S(C)(=O)=O)nc(-c2ccc(F)cc2)c1C=C[C@@H](O)C[C@@H](O)CC(=O)N1CCCC1. The Labute approximate surface area is 217 Å². The maximum Gasteiger partial charge on any atom is 0.239 e. The van der Waals surface area contributed by atoms with Crippen molar-refractivity contribution in [2.24, 2.45) is 0 Å². The monoisotopic (exact) mass is 534 g/mol. The van der Waals surface area contributed by atoms with Gasteiger partial charge in [-0.1, -0.05) is 26.0 Å². The summed E-state index contributed by atoms with van der Waals surface area (Å²) < 4.78 is 38.9. The molecule has 1 amide bonds. The molecule has 3 rings (SSSR count). The van der Waals surface area contributed by atoms with Gasteiger partial charge in [-0.2, -0.15) is 0 Å². The van der Waals surface area contributed by atoms with Crippen molar-refractivity contribution in [3.05, 3.63) is 47.4 Å². The fourth-order valence-electron chi connectivity index (χ4n) is 4.14. The Morgan fingerprint density at radius 2 is 1.78 bits per heavy atom. The van der Waals surface area contributed by atoms with Gasteiger partial charge in [0.15, 0.2) is 0 Å². The lowest BCUT2D eigenvalue weighted by molar-refractivity contribution is -0.132. The van der Waals surface area contributed by atoms with Crippen LogP contribution < -0.4 is 4.31 Å². The number of aromatic nitrogens is 2. The lowest BCUT2D eigenvalue weighted by atomic mass is 9.97. The van der Waals surface area contributed by atoms with Gasteiger partial charge in [0.1, 0.15) is 5.82 Å². The molecule has 37 heavy (non-hydrogen) atoms. The van der Waals surface area contributed by atoms with Crippen molar-refractivity contribution in [2.75, 3.05) is 30.7 Å². The molecule has 0 aliphatic carbocycles. The number of anilines is 1. The molecule has 2 atom stereocenters. The van der Waals surface area contributed by atoms with E-state index in [1.165, 1.54) is 37.4 Å². The van der Waals surface area contributed by atoms with E-state index in [4.69, 9.17) is 0 Å². The third kappa shape index (κ3) is 7.56. The maximum absolute atomic E-state index is 13.6. The summed E-state index contributed by atoms with van der Waals surface area (Å²) in [5, 5.41) is 20.9. The largest absolute Gasteiger partial charge is 0.392 e. The lowest BCUT2D eigenvalue weighted by Crippen LogP contribution is -2.31. The summed E-state index contributed by atoms with van der Waals surface area (Å²) in [5.74, 6) is -0.727. The summed E-state index contributed by atoms with van der Waals surface area (Å²) in [6.45, 7) is 5.18. The van der Waals surface area contributed by atoms with Crippen LogP contribution in [0.4, 0.5) is 10.3 Å². The molecule has 9 nitrogen and oxygen atoms in total. The second kappa shape index (κ2) is 12.1. The van der Waals surface area contributed by atoms with E-state index in [2.05, 4.69) is 9.97 Å². The van der Waals surface area contributed by atoms with Crippen LogP contribution in [0, 0.1) is 5.82 Å². The highest BCUT2D eigenvalue weighted by atomic mass is 32.2. The van der Waals surface area contributed by atoms with E-state index in [0.717, 1.165) is 23.4 Å². The zero-order chi connectivity index (χ0) is 27.3. The third-order valence-corrected chi connectivity index (χ3v) is 7.43. The van der Waals surface area contributed by atoms with E-state index < -0.39 is 28.0 Å². The Hall–Kier alpha value is -2.89. The highest BCUT2D eigenvalue weighted by Gasteiger charge is 2.24. The highest BCUT2D eigenvalue weighted by Crippen LogP contribution is 2.31. The van der Waals surface area contributed by atoms with Crippen molar-refractivity contribution in [3.63, 3.8) is 0 Å². The molecule has 1 saturated heterocycles. The van der Waals surface area contributed by atoms with Crippen LogP contribution in [-0.2, 0) is 14.8 Å².